The molecule has 1 nitrogen and oxygen atoms in total. The molecule has 3 atom stereocenters. The maximum Gasteiger partial charge on any atom is 0.00668 e. The Balaban J connectivity index is 2.32. The summed E-state index contributed by atoms with van der Waals surface area (Å²) in [6.07, 6.45) is 8.48. The Morgan fingerprint density at radius 2 is 2.15 bits per heavy atom. The van der Waals surface area contributed by atoms with Gasteiger partial charge in [0.05, 0.1) is 0 Å². The van der Waals surface area contributed by atoms with Crippen molar-refractivity contribution >= 4 is 0 Å². The third-order valence-corrected chi connectivity index (χ3v) is 3.67. The number of rotatable bonds is 4. The molecule has 0 aromatic carbocycles. The Kier molecular flexibility index (Phi) is 4.79. The largest absolute Gasteiger partial charge is 0.317 e. The zero-order valence-electron chi connectivity index (χ0n) is 9.47. The molecule has 78 valence electrons. The molecule has 0 bridgehead atoms. The van der Waals surface area contributed by atoms with Gasteiger partial charge in [-0.25, -0.2) is 0 Å². The highest BCUT2D eigenvalue weighted by atomic mass is 14.9. The molecular weight excluding hydrogens is 158 g/mol. The van der Waals surface area contributed by atoms with Gasteiger partial charge in [0.2, 0.25) is 0 Å². The van der Waals surface area contributed by atoms with Gasteiger partial charge in [-0.15, -0.1) is 0 Å². The first-order valence-corrected chi connectivity index (χ1v) is 5.95. The molecule has 13 heavy (non-hydrogen) atoms. The smallest absolute Gasteiger partial charge is 0.00668 e. The minimum atomic E-state index is 0.804. The van der Waals surface area contributed by atoms with Crippen molar-refractivity contribution in [3.05, 3.63) is 0 Å². The lowest BCUT2D eigenvalue weighted by Gasteiger charge is -2.32. The van der Waals surface area contributed by atoms with Gasteiger partial charge < -0.3 is 5.32 Å². The van der Waals surface area contributed by atoms with Gasteiger partial charge >= 0.3 is 0 Å². The summed E-state index contributed by atoms with van der Waals surface area (Å²) >= 11 is 0. The van der Waals surface area contributed by atoms with E-state index >= 15 is 0 Å². The van der Waals surface area contributed by atoms with E-state index in [9.17, 15) is 0 Å². The van der Waals surface area contributed by atoms with Crippen LogP contribution >= 0.6 is 0 Å². The Hall–Kier alpha value is -0.0400. The molecule has 0 heterocycles. The Labute approximate surface area is 83.3 Å². The molecule has 3 unspecified atom stereocenters. The summed E-state index contributed by atoms with van der Waals surface area (Å²) < 4.78 is 0. The fourth-order valence-corrected chi connectivity index (χ4v) is 2.70. The first-order chi connectivity index (χ1) is 6.27. The van der Waals surface area contributed by atoms with Crippen LogP contribution < -0.4 is 5.32 Å². The van der Waals surface area contributed by atoms with Crippen molar-refractivity contribution < 1.29 is 0 Å². The topological polar surface area (TPSA) is 12.0 Å². The molecule has 0 amide bonds. The van der Waals surface area contributed by atoms with Gasteiger partial charge in [-0.1, -0.05) is 39.5 Å². The first kappa shape index (κ1) is 11.0. The van der Waals surface area contributed by atoms with Crippen LogP contribution in [-0.2, 0) is 0 Å². The minimum Gasteiger partial charge on any atom is -0.317 e. The van der Waals surface area contributed by atoms with E-state index < -0.39 is 0 Å². The number of nitrogens with one attached hydrogen (secondary N) is 1. The molecule has 1 saturated carbocycles. The molecule has 1 aliphatic rings. The summed E-state index contributed by atoms with van der Waals surface area (Å²) in [5.74, 6) is 1.94. The van der Waals surface area contributed by atoms with Gasteiger partial charge in [-0.3, -0.25) is 0 Å². The van der Waals surface area contributed by atoms with Crippen LogP contribution in [0.3, 0.4) is 0 Å². The van der Waals surface area contributed by atoms with Gasteiger partial charge in [-0.05, 0) is 31.7 Å². The van der Waals surface area contributed by atoms with Crippen LogP contribution in [0.1, 0.15) is 52.4 Å². The maximum absolute atomic E-state index is 3.43. The highest BCUT2D eigenvalue weighted by Crippen LogP contribution is 2.32. The fraction of sp³-hybridized carbons (Fsp3) is 1.00. The maximum atomic E-state index is 3.43. The van der Waals surface area contributed by atoms with E-state index in [4.69, 9.17) is 0 Å². The standard InChI is InChI=1S/C12H25N/c1-4-6-10(2)11-7-5-8-12(9-11)13-3/h10-13H,4-9H2,1-3H3. The average Bonchev–Trinajstić information content (AvgIpc) is 2.18. The molecule has 0 radical (unpaired) electrons. The van der Waals surface area contributed by atoms with Crippen molar-refractivity contribution in [3.8, 4) is 0 Å². The third kappa shape index (κ3) is 3.30. The van der Waals surface area contributed by atoms with Gasteiger partial charge in [0, 0.05) is 6.04 Å². The van der Waals surface area contributed by atoms with Crippen LogP contribution in [0.2, 0.25) is 0 Å². The Morgan fingerprint density at radius 1 is 1.38 bits per heavy atom. The van der Waals surface area contributed by atoms with Crippen molar-refractivity contribution in [2.75, 3.05) is 7.05 Å². The predicted octanol–water partition coefficient (Wildman–Crippen LogP) is 3.20. The molecule has 1 N–H and O–H groups in total. The fourth-order valence-electron chi connectivity index (χ4n) is 2.70. The van der Waals surface area contributed by atoms with Crippen molar-refractivity contribution in [3.63, 3.8) is 0 Å². The molecule has 1 rings (SSSR count). The van der Waals surface area contributed by atoms with Crippen molar-refractivity contribution in [1.29, 1.82) is 0 Å². The molecule has 0 aromatic rings. The van der Waals surface area contributed by atoms with Crippen LogP contribution in [0.5, 0.6) is 0 Å². The summed E-state index contributed by atoms with van der Waals surface area (Å²) in [5, 5.41) is 3.43. The van der Waals surface area contributed by atoms with Crippen molar-refractivity contribution in [1.82, 2.24) is 5.32 Å². The summed E-state index contributed by atoms with van der Waals surface area (Å²) in [5.41, 5.74) is 0. The van der Waals surface area contributed by atoms with Crippen LogP contribution in [0.15, 0.2) is 0 Å². The second-order valence-electron chi connectivity index (χ2n) is 4.68. The monoisotopic (exact) mass is 183 g/mol. The van der Waals surface area contributed by atoms with Crippen LogP contribution in [-0.4, -0.2) is 13.1 Å². The average molecular weight is 183 g/mol. The summed E-state index contributed by atoms with van der Waals surface area (Å²) in [6.45, 7) is 4.74. The van der Waals surface area contributed by atoms with Crippen molar-refractivity contribution in [2.24, 2.45) is 11.8 Å². The second-order valence-corrected chi connectivity index (χ2v) is 4.68. The molecular formula is C12H25N. The van der Waals surface area contributed by atoms with Crippen molar-refractivity contribution in [2.45, 2.75) is 58.4 Å². The van der Waals surface area contributed by atoms with Crippen LogP contribution in [0.25, 0.3) is 0 Å². The van der Waals surface area contributed by atoms with E-state index in [0.29, 0.717) is 0 Å². The Morgan fingerprint density at radius 3 is 2.77 bits per heavy atom. The lowest BCUT2D eigenvalue weighted by Crippen LogP contribution is -2.33. The van der Waals surface area contributed by atoms with Crippen LogP contribution in [0, 0.1) is 11.8 Å². The van der Waals surface area contributed by atoms with E-state index in [1.807, 2.05) is 0 Å². The molecule has 0 aromatic heterocycles. The quantitative estimate of drug-likeness (QED) is 0.706. The van der Waals surface area contributed by atoms with E-state index in [1.165, 1.54) is 38.5 Å². The molecule has 1 aliphatic carbocycles. The van der Waals surface area contributed by atoms with E-state index in [2.05, 4.69) is 26.2 Å². The highest BCUT2D eigenvalue weighted by molar-refractivity contribution is 4.79. The van der Waals surface area contributed by atoms with Gasteiger partial charge in [0.15, 0.2) is 0 Å². The summed E-state index contributed by atoms with van der Waals surface area (Å²) in [7, 11) is 2.11. The lowest BCUT2D eigenvalue weighted by atomic mass is 9.77. The molecule has 0 aliphatic heterocycles. The number of hydrogen-bond donors (Lipinski definition) is 1. The SMILES string of the molecule is CCCC(C)C1CCCC(NC)C1. The zero-order valence-corrected chi connectivity index (χ0v) is 9.47. The van der Waals surface area contributed by atoms with Gasteiger partial charge in [-0.2, -0.15) is 0 Å². The first-order valence-electron chi connectivity index (χ1n) is 5.95. The highest BCUT2D eigenvalue weighted by Gasteiger charge is 2.24. The van der Waals surface area contributed by atoms with Gasteiger partial charge in [0.25, 0.3) is 0 Å². The van der Waals surface area contributed by atoms with E-state index in [-0.39, 0.29) is 0 Å². The molecule has 0 spiro atoms. The Bertz CT molecular complexity index is 133. The third-order valence-electron chi connectivity index (χ3n) is 3.67. The van der Waals surface area contributed by atoms with E-state index in [1.54, 1.807) is 0 Å². The summed E-state index contributed by atoms with van der Waals surface area (Å²) in [6, 6.07) is 0.804. The second kappa shape index (κ2) is 5.64. The molecule has 0 saturated heterocycles. The summed E-state index contributed by atoms with van der Waals surface area (Å²) in [4.78, 5) is 0. The predicted molar refractivity (Wildman–Crippen MR) is 58.9 cm³/mol. The molecule has 1 fully saturated rings. The number of hydrogen-bond acceptors (Lipinski definition) is 1. The van der Waals surface area contributed by atoms with Gasteiger partial charge in [0.1, 0.15) is 0 Å². The van der Waals surface area contributed by atoms with Crippen LogP contribution in [0.4, 0.5) is 0 Å². The van der Waals surface area contributed by atoms with E-state index in [0.717, 1.165) is 17.9 Å². The normalized spacial score (nSPS) is 31.6. The zero-order chi connectivity index (χ0) is 9.68. The minimum absolute atomic E-state index is 0.804. The molecule has 1 heteroatoms. The lowest BCUT2D eigenvalue weighted by molar-refractivity contribution is 0.217.